The fourth-order valence-electron chi connectivity index (χ4n) is 2.38. The van der Waals surface area contributed by atoms with E-state index in [0.29, 0.717) is 23.2 Å². The zero-order chi connectivity index (χ0) is 17.5. The summed E-state index contributed by atoms with van der Waals surface area (Å²) in [5.74, 6) is 0.0557. The minimum atomic E-state index is 0.0557. The van der Waals surface area contributed by atoms with Crippen LogP contribution in [0.4, 0.5) is 11.4 Å². The third-order valence-electron chi connectivity index (χ3n) is 4.35. The van der Waals surface area contributed by atoms with Crippen molar-refractivity contribution < 1.29 is 4.79 Å². The third-order valence-corrected chi connectivity index (χ3v) is 4.35. The Bertz CT molecular complexity index is 589. The molecule has 2 atom stereocenters. The lowest BCUT2D eigenvalue weighted by molar-refractivity contribution is 0.103. The van der Waals surface area contributed by atoms with Gasteiger partial charge in [0.15, 0.2) is 5.78 Å². The van der Waals surface area contributed by atoms with Gasteiger partial charge in [-0.1, -0.05) is 13.8 Å². The predicted octanol–water partition coefficient (Wildman–Crippen LogP) is 5.34. The van der Waals surface area contributed by atoms with Crippen LogP contribution < -0.4 is 10.6 Å². The summed E-state index contributed by atoms with van der Waals surface area (Å²) in [5, 5.41) is 6.82. The quantitative estimate of drug-likeness (QED) is 0.644. The molecule has 0 aliphatic carbocycles. The molecule has 3 nitrogen and oxygen atoms in total. The molecular weight excluding hydrogens is 296 g/mol. The number of benzene rings is 2. The second kappa shape index (κ2) is 8.53. The zero-order valence-corrected chi connectivity index (χ0v) is 15.1. The molecule has 3 heteroatoms. The average molecular weight is 324 g/mol. The molecule has 0 amide bonds. The topological polar surface area (TPSA) is 41.1 Å². The maximum Gasteiger partial charge on any atom is 0.193 e. The van der Waals surface area contributed by atoms with Crippen LogP contribution in [0.15, 0.2) is 48.5 Å². The number of hydrogen-bond acceptors (Lipinski definition) is 3. The zero-order valence-electron chi connectivity index (χ0n) is 15.1. The van der Waals surface area contributed by atoms with Crippen LogP contribution in [-0.4, -0.2) is 17.9 Å². The lowest BCUT2D eigenvalue weighted by Crippen LogP contribution is -2.13. The Morgan fingerprint density at radius 3 is 1.38 bits per heavy atom. The van der Waals surface area contributed by atoms with Gasteiger partial charge in [-0.05, 0) is 75.2 Å². The van der Waals surface area contributed by atoms with Crippen LogP contribution in [0.2, 0.25) is 0 Å². The molecule has 0 aliphatic rings. The molecule has 2 aromatic rings. The maximum absolute atomic E-state index is 12.6. The highest BCUT2D eigenvalue weighted by Gasteiger charge is 2.09. The number of rotatable bonds is 8. The summed E-state index contributed by atoms with van der Waals surface area (Å²) in [6, 6.07) is 16.3. The van der Waals surface area contributed by atoms with Crippen molar-refractivity contribution in [2.24, 2.45) is 0 Å². The molecule has 24 heavy (non-hydrogen) atoms. The van der Waals surface area contributed by atoms with E-state index in [0.717, 1.165) is 24.2 Å². The number of nitrogens with one attached hydrogen (secondary N) is 2. The smallest absolute Gasteiger partial charge is 0.193 e. The Morgan fingerprint density at radius 1 is 0.750 bits per heavy atom. The summed E-state index contributed by atoms with van der Waals surface area (Å²) in [6.45, 7) is 8.59. The summed E-state index contributed by atoms with van der Waals surface area (Å²) in [4.78, 5) is 12.6. The van der Waals surface area contributed by atoms with Crippen molar-refractivity contribution in [2.45, 2.75) is 52.6 Å². The molecule has 0 aromatic heterocycles. The van der Waals surface area contributed by atoms with E-state index in [4.69, 9.17) is 0 Å². The Hall–Kier alpha value is -2.29. The lowest BCUT2D eigenvalue weighted by atomic mass is 10.0. The summed E-state index contributed by atoms with van der Waals surface area (Å²) in [7, 11) is 0. The normalized spacial score (nSPS) is 13.2. The molecule has 0 spiro atoms. The van der Waals surface area contributed by atoms with Crippen LogP contribution in [0.3, 0.4) is 0 Å². The molecule has 128 valence electrons. The highest BCUT2D eigenvalue weighted by molar-refractivity contribution is 6.09. The first-order chi connectivity index (χ1) is 11.5. The lowest BCUT2D eigenvalue weighted by Gasteiger charge is -2.14. The highest BCUT2D eigenvalue weighted by Crippen LogP contribution is 2.17. The van der Waals surface area contributed by atoms with Crippen LogP contribution in [0.25, 0.3) is 0 Å². The number of hydrogen-bond donors (Lipinski definition) is 2. The van der Waals surface area contributed by atoms with Gasteiger partial charge in [-0.2, -0.15) is 0 Å². The van der Waals surface area contributed by atoms with E-state index in [2.05, 4.69) is 38.3 Å². The number of anilines is 2. The Labute approximate surface area is 145 Å². The SMILES string of the molecule is CCC(C)Nc1ccc(C(=O)c2ccc(NC(C)CC)cc2)cc1. The van der Waals surface area contributed by atoms with Crippen molar-refractivity contribution in [1.29, 1.82) is 0 Å². The summed E-state index contributed by atoms with van der Waals surface area (Å²) < 4.78 is 0. The van der Waals surface area contributed by atoms with Crippen LogP contribution >= 0.6 is 0 Å². The molecule has 0 heterocycles. The standard InChI is InChI=1S/C21H28N2O/c1-5-15(3)22-19-11-7-17(8-12-19)21(24)18-9-13-20(14-10-18)23-16(4)6-2/h7-16,22-23H,5-6H2,1-4H3. The summed E-state index contributed by atoms with van der Waals surface area (Å²) >= 11 is 0. The molecule has 0 radical (unpaired) electrons. The van der Waals surface area contributed by atoms with Crippen molar-refractivity contribution in [3.05, 3.63) is 59.7 Å². The van der Waals surface area contributed by atoms with Gasteiger partial charge in [0.05, 0.1) is 0 Å². The van der Waals surface area contributed by atoms with E-state index in [1.165, 1.54) is 0 Å². The second-order valence-electron chi connectivity index (χ2n) is 6.39. The summed E-state index contributed by atoms with van der Waals surface area (Å²) in [6.07, 6.45) is 2.13. The van der Waals surface area contributed by atoms with Crippen molar-refractivity contribution >= 4 is 17.2 Å². The van der Waals surface area contributed by atoms with Crippen molar-refractivity contribution in [3.63, 3.8) is 0 Å². The average Bonchev–Trinajstić information content (AvgIpc) is 2.62. The van der Waals surface area contributed by atoms with Crippen molar-refractivity contribution in [1.82, 2.24) is 0 Å². The van der Waals surface area contributed by atoms with E-state index in [1.54, 1.807) is 0 Å². The molecule has 2 aromatic carbocycles. The van der Waals surface area contributed by atoms with Gasteiger partial charge in [-0.3, -0.25) is 4.79 Å². The van der Waals surface area contributed by atoms with E-state index < -0.39 is 0 Å². The third kappa shape index (κ3) is 4.85. The fourth-order valence-corrected chi connectivity index (χ4v) is 2.38. The fraction of sp³-hybridized carbons (Fsp3) is 0.381. The second-order valence-corrected chi connectivity index (χ2v) is 6.39. The van der Waals surface area contributed by atoms with Gasteiger partial charge in [0.1, 0.15) is 0 Å². The first-order valence-corrected chi connectivity index (χ1v) is 8.81. The van der Waals surface area contributed by atoms with Crippen LogP contribution in [0.5, 0.6) is 0 Å². The molecule has 0 aliphatic heterocycles. The number of carbonyl (C=O) groups is 1. The van der Waals surface area contributed by atoms with Crippen molar-refractivity contribution in [2.75, 3.05) is 10.6 Å². The van der Waals surface area contributed by atoms with Crippen LogP contribution in [0.1, 0.15) is 56.5 Å². The van der Waals surface area contributed by atoms with E-state index in [-0.39, 0.29) is 5.78 Å². The summed E-state index contributed by atoms with van der Waals surface area (Å²) in [5.41, 5.74) is 3.53. The van der Waals surface area contributed by atoms with Gasteiger partial charge in [0.2, 0.25) is 0 Å². The highest BCUT2D eigenvalue weighted by atomic mass is 16.1. The van der Waals surface area contributed by atoms with Gasteiger partial charge in [0.25, 0.3) is 0 Å². The molecular formula is C21H28N2O. The van der Waals surface area contributed by atoms with Crippen LogP contribution in [-0.2, 0) is 0 Å². The monoisotopic (exact) mass is 324 g/mol. The van der Waals surface area contributed by atoms with E-state index in [9.17, 15) is 4.79 Å². The number of carbonyl (C=O) groups excluding carboxylic acids is 1. The van der Waals surface area contributed by atoms with Gasteiger partial charge in [-0.25, -0.2) is 0 Å². The molecule has 0 saturated heterocycles. The first kappa shape index (κ1) is 18.1. The van der Waals surface area contributed by atoms with Gasteiger partial charge in [0, 0.05) is 34.6 Å². The first-order valence-electron chi connectivity index (χ1n) is 8.81. The van der Waals surface area contributed by atoms with Crippen molar-refractivity contribution in [3.8, 4) is 0 Å². The maximum atomic E-state index is 12.6. The molecule has 2 rings (SSSR count). The Balaban J connectivity index is 2.05. The molecule has 0 bridgehead atoms. The minimum absolute atomic E-state index is 0.0557. The molecule has 2 unspecified atom stereocenters. The molecule has 0 saturated carbocycles. The molecule has 2 N–H and O–H groups in total. The minimum Gasteiger partial charge on any atom is -0.383 e. The van der Waals surface area contributed by atoms with E-state index in [1.807, 2.05) is 48.5 Å². The number of ketones is 1. The van der Waals surface area contributed by atoms with Crippen LogP contribution in [0, 0.1) is 0 Å². The Morgan fingerprint density at radius 2 is 1.08 bits per heavy atom. The van der Waals surface area contributed by atoms with Gasteiger partial charge < -0.3 is 10.6 Å². The molecule has 0 fully saturated rings. The largest absolute Gasteiger partial charge is 0.383 e. The van der Waals surface area contributed by atoms with Gasteiger partial charge >= 0.3 is 0 Å². The van der Waals surface area contributed by atoms with Gasteiger partial charge in [-0.15, -0.1) is 0 Å². The van der Waals surface area contributed by atoms with E-state index >= 15 is 0 Å². The predicted molar refractivity (Wildman–Crippen MR) is 103 cm³/mol. The Kier molecular flexibility index (Phi) is 6.42.